The van der Waals surface area contributed by atoms with Crippen LogP contribution in [0.1, 0.15) is 21.5 Å². The van der Waals surface area contributed by atoms with Crippen LogP contribution in [0.3, 0.4) is 0 Å². The predicted molar refractivity (Wildman–Crippen MR) is 75.5 cm³/mol. The lowest BCUT2D eigenvalue weighted by atomic mass is 10.1. The molecular weight excluding hydrogens is 240 g/mol. The topological polar surface area (TPSA) is 41.6 Å². The number of nitrogens with one attached hydrogen (secondary N) is 1. The molecule has 4 nitrogen and oxygen atoms in total. The lowest BCUT2D eigenvalue weighted by Crippen LogP contribution is -2.41. The molecule has 0 unspecified atom stereocenters. The standard InChI is InChI=1S/C15H22N2O2/c1-12-3-4-14(13(2)11-12)15(18)16-5-6-17-7-9-19-10-8-17/h3-4,11H,5-10H2,1-2H3,(H,16,18). The maximum absolute atomic E-state index is 12.1. The van der Waals surface area contributed by atoms with Crippen molar-refractivity contribution in [3.8, 4) is 0 Å². The fourth-order valence-corrected chi connectivity index (χ4v) is 2.32. The third kappa shape index (κ3) is 4.04. The molecule has 0 aliphatic carbocycles. The summed E-state index contributed by atoms with van der Waals surface area (Å²) in [4.78, 5) is 14.4. The highest BCUT2D eigenvalue weighted by Gasteiger charge is 2.11. The van der Waals surface area contributed by atoms with Crippen molar-refractivity contribution >= 4 is 5.91 Å². The molecule has 1 heterocycles. The van der Waals surface area contributed by atoms with Crippen LogP contribution in [0.15, 0.2) is 18.2 Å². The molecule has 4 heteroatoms. The Morgan fingerprint density at radius 1 is 1.32 bits per heavy atom. The van der Waals surface area contributed by atoms with Crippen molar-refractivity contribution in [3.63, 3.8) is 0 Å². The van der Waals surface area contributed by atoms with Crippen LogP contribution in [0.4, 0.5) is 0 Å². The Kier molecular flexibility index (Phi) is 4.93. The summed E-state index contributed by atoms with van der Waals surface area (Å²) in [7, 11) is 0. The highest BCUT2D eigenvalue weighted by Crippen LogP contribution is 2.10. The van der Waals surface area contributed by atoms with Gasteiger partial charge in [-0.15, -0.1) is 0 Å². The van der Waals surface area contributed by atoms with Crippen LogP contribution in [0.2, 0.25) is 0 Å². The number of aryl methyl sites for hydroxylation is 2. The molecule has 0 aromatic heterocycles. The van der Waals surface area contributed by atoms with Crippen molar-refractivity contribution in [1.82, 2.24) is 10.2 Å². The summed E-state index contributed by atoms with van der Waals surface area (Å²) in [5.74, 6) is 0.0192. The number of amides is 1. The van der Waals surface area contributed by atoms with Gasteiger partial charge in [-0.05, 0) is 25.5 Å². The third-order valence-corrected chi connectivity index (χ3v) is 3.44. The minimum Gasteiger partial charge on any atom is -0.379 e. The molecule has 1 amide bonds. The number of rotatable bonds is 4. The van der Waals surface area contributed by atoms with Gasteiger partial charge < -0.3 is 10.1 Å². The van der Waals surface area contributed by atoms with Gasteiger partial charge in [-0.1, -0.05) is 17.7 Å². The van der Waals surface area contributed by atoms with Crippen LogP contribution in [0.25, 0.3) is 0 Å². The van der Waals surface area contributed by atoms with Crippen LogP contribution < -0.4 is 5.32 Å². The normalized spacial score (nSPS) is 16.3. The minimum absolute atomic E-state index is 0.0192. The fourth-order valence-electron chi connectivity index (χ4n) is 2.32. The number of nitrogens with zero attached hydrogens (tertiary/aromatic N) is 1. The molecule has 0 spiro atoms. The quantitative estimate of drug-likeness (QED) is 0.891. The summed E-state index contributed by atoms with van der Waals surface area (Å²) < 4.78 is 5.29. The van der Waals surface area contributed by atoms with Crippen molar-refractivity contribution in [1.29, 1.82) is 0 Å². The van der Waals surface area contributed by atoms with Gasteiger partial charge in [0.05, 0.1) is 13.2 Å². The molecule has 0 atom stereocenters. The second-order valence-electron chi connectivity index (χ2n) is 5.03. The molecule has 1 N–H and O–H groups in total. The highest BCUT2D eigenvalue weighted by atomic mass is 16.5. The Morgan fingerprint density at radius 3 is 2.74 bits per heavy atom. The molecule has 19 heavy (non-hydrogen) atoms. The zero-order valence-corrected chi connectivity index (χ0v) is 11.7. The lowest BCUT2D eigenvalue weighted by Gasteiger charge is -2.26. The number of carbonyl (C=O) groups excluding carboxylic acids is 1. The van der Waals surface area contributed by atoms with Gasteiger partial charge in [-0.3, -0.25) is 9.69 Å². The van der Waals surface area contributed by atoms with E-state index in [-0.39, 0.29) is 5.91 Å². The molecule has 1 aromatic rings. The number of hydrogen-bond donors (Lipinski definition) is 1. The molecule has 1 aliphatic heterocycles. The lowest BCUT2D eigenvalue weighted by molar-refractivity contribution is 0.0383. The maximum Gasteiger partial charge on any atom is 0.251 e. The van der Waals surface area contributed by atoms with E-state index < -0.39 is 0 Å². The smallest absolute Gasteiger partial charge is 0.251 e. The van der Waals surface area contributed by atoms with Gasteiger partial charge in [0.25, 0.3) is 5.91 Å². The van der Waals surface area contributed by atoms with Gasteiger partial charge >= 0.3 is 0 Å². The SMILES string of the molecule is Cc1ccc(C(=O)NCCN2CCOCC2)c(C)c1. The van der Waals surface area contributed by atoms with Crippen LogP contribution in [0.5, 0.6) is 0 Å². The molecule has 0 saturated carbocycles. The van der Waals surface area contributed by atoms with Gasteiger partial charge in [0.15, 0.2) is 0 Å². The van der Waals surface area contributed by atoms with Crippen LogP contribution in [-0.4, -0.2) is 50.2 Å². The van der Waals surface area contributed by atoms with E-state index in [1.165, 1.54) is 5.56 Å². The van der Waals surface area contributed by atoms with E-state index in [9.17, 15) is 4.79 Å². The number of benzene rings is 1. The second kappa shape index (κ2) is 6.68. The highest BCUT2D eigenvalue weighted by molar-refractivity contribution is 5.95. The Balaban J connectivity index is 1.80. The minimum atomic E-state index is 0.0192. The molecule has 0 radical (unpaired) electrons. The molecule has 1 fully saturated rings. The van der Waals surface area contributed by atoms with Crippen LogP contribution in [-0.2, 0) is 4.74 Å². The van der Waals surface area contributed by atoms with Gasteiger partial charge in [0.2, 0.25) is 0 Å². The molecule has 1 aromatic carbocycles. The van der Waals surface area contributed by atoms with Crippen molar-refractivity contribution < 1.29 is 9.53 Å². The number of carbonyl (C=O) groups is 1. The summed E-state index contributed by atoms with van der Waals surface area (Å²) in [5, 5.41) is 2.99. The van der Waals surface area contributed by atoms with Gasteiger partial charge in [0, 0.05) is 31.7 Å². The van der Waals surface area contributed by atoms with Crippen molar-refractivity contribution in [3.05, 3.63) is 34.9 Å². The van der Waals surface area contributed by atoms with Crippen LogP contribution in [0, 0.1) is 13.8 Å². The van der Waals surface area contributed by atoms with Crippen molar-refractivity contribution in [2.75, 3.05) is 39.4 Å². The summed E-state index contributed by atoms with van der Waals surface area (Å²) in [5.41, 5.74) is 2.99. The third-order valence-electron chi connectivity index (χ3n) is 3.44. The van der Waals surface area contributed by atoms with Gasteiger partial charge in [-0.25, -0.2) is 0 Å². The summed E-state index contributed by atoms with van der Waals surface area (Å²) >= 11 is 0. The maximum atomic E-state index is 12.1. The molecule has 2 rings (SSSR count). The Morgan fingerprint density at radius 2 is 2.05 bits per heavy atom. The zero-order valence-electron chi connectivity index (χ0n) is 11.7. The molecule has 104 valence electrons. The van der Waals surface area contributed by atoms with E-state index in [4.69, 9.17) is 4.74 Å². The van der Waals surface area contributed by atoms with Crippen LogP contribution >= 0.6 is 0 Å². The first-order valence-electron chi connectivity index (χ1n) is 6.82. The van der Waals surface area contributed by atoms with E-state index in [0.29, 0.717) is 6.54 Å². The molecule has 1 saturated heterocycles. The summed E-state index contributed by atoms with van der Waals surface area (Å²) in [6.45, 7) is 9.10. The fraction of sp³-hybridized carbons (Fsp3) is 0.533. The second-order valence-corrected chi connectivity index (χ2v) is 5.03. The average Bonchev–Trinajstić information content (AvgIpc) is 2.39. The zero-order chi connectivity index (χ0) is 13.7. The van der Waals surface area contributed by atoms with Gasteiger partial charge in [0.1, 0.15) is 0 Å². The summed E-state index contributed by atoms with van der Waals surface area (Å²) in [6, 6.07) is 5.91. The Labute approximate surface area is 114 Å². The summed E-state index contributed by atoms with van der Waals surface area (Å²) in [6.07, 6.45) is 0. The first kappa shape index (κ1) is 14.0. The van der Waals surface area contributed by atoms with E-state index in [1.807, 2.05) is 32.0 Å². The number of hydrogen-bond acceptors (Lipinski definition) is 3. The Hall–Kier alpha value is -1.39. The molecular formula is C15H22N2O2. The van der Waals surface area contributed by atoms with E-state index >= 15 is 0 Å². The van der Waals surface area contributed by atoms with Crippen molar-refractivity contribution in [2.45, 2.75) is 13.8 Å². The number of morpholine rings is 1. The first-order chi connectivity index (χ1) is 9.16. The van der Waals surface area contributed by atoms with E-state index in [2.05, 4.69) is 10.2 Å². The predicted octanol–water partition coefficient (Wildman–Crippen LogP) is 1.37. The monoisotopic (exact) mass is 262 g/mol. The van der Waals surface area contributed by atoms with Crippen molar-refractivity contribution in [2.24, 2.45) is 0 Å². The van der Waals surface area contributed by atoms with E-state index in [1.54, 1.807) is 0 Å². The largest absolute Gasteiger partial charge is 0.379 e. The van der Waals surface area contributed by atoms with E-state index in [0.717, 1.165) is 44.0 Å². The number of ether oxygens (including phenoxy) is 1. The molecule has 1 aliphatic rings. The first-order valence-corrected chi connectivity index (χ1v) is 6.82. The van der Waals surface area contributed by atoms with Gasteiger partial charge in [-0.2, -0.15) is 0 Å². The molecule has 0 bridgehead atoms. The Bertz CT molecular complexity index is 440. The average molecular weight is 262 g/mol.